The smallest absolute Gasteiger partial charge is 0.0119 e. The Labute approximate surface area is 112 Å². The maximum atomic E-state index is 3.61. The Balaban J connectivity index is 2.44. The van der Waals surface area contributed by atoms with Crippen LogP contribution in [-0.4, -0.2) is 37.1 Å². The van der Waals surface area contributed by atoms with Gasteiger partial charge in [0.2, 0.25) is 0 Å². The predicted molar refractivity (Wildman–Crippen MR) is 80.0 cm³/mol. The first-order valence-corrected chi connectivity index (χ1v) is 7.29. The molecule has 2 heteroatoms. The van der Waals surface area contributed by atoms with Crippen LogP contribution in [0.5, 0.6) is 0 Å². The lowest BCUT2D eigenvalue weighted by molar-refractivity contribution is 0.281. The molecule has 1 aromatic carbocycles. The van der Waals surface area contributed by atoms with E-state index in [0.29, 0.717) is 6.04 Å². The van der Waals surface area contributed by atoms with E-state index in [-0.39, 0.29) is 0 Å². The van der Waals surface area contributed by atoms with Crippen molar-refractivity contribution in [3.05, 3.63) is 35.9 Å². The quantitative estimate of drug-likeness (QED) is 0.723. The second-order valence-electron chi connectivity index (χ2n) is 4.76. The summed E-state index contributed by atoms with van der Waals surface area (Å²) in [6.45, 7) is 11.2. The van der Waals surface area contributed by atoms with Crippen LogP contribution >= 0.6 is 0 Å². The summed E-state index contributed by atoms with van der Waals surface area (Å²) in [5.74, 6) is 0. The molecule has 0 radical (unpaired) electrons. The summed E-state index contributed by atoms with van der Waals surface area (Å²) in [6, 6.07) is 11.4. The summed E-state index contributed by atoms with van der Waals surface area (Å²) in [6.07, 6.45) is 2.36. The lowest BCUT2D eigenvalue weighted by Gasteiger charge is -2.23. The Kier molecular flexibility index (Phi) is 7.70. The van der Waals surface area contributed by atoms with E-state index < -0.39 is 0 Å². The van der Waals surface area contributed by atoms with Crippen LogP contribution in [0.1, 0.15) is 32.8 Å². The molecule has 1 rings (SSSR count). The van der Waals surface area contributed by atoms with Crippen LogP contribution in [0.15, 0.2) is 30.3 Å². The fraction of sp³-hybridized carbons (Fsp3) is 0.625. The monoisotopic (exact) mass is 248 g/mol. The van der Waals surface area contributed by atoms with E-state index >= 15 is 0 Å². The average Bonchev–Trinajstić information content (AvgIpc) is 2.41. The van der Waals surface area contributed by atoms with Crippen molar-refractivity contribution >= 4 is 0 Å². The van der Waals surface area contributed by atoms with Gasteiger partial charge in [-0.3, -0.25) is 0 Å². The van der Waals surface area contributed by atoms with Crippen LogP contribution < -0.4 is 5.32 Å². The fourth-order valence-corrected chi connectivity index (χ4v) is 2.34. The van der Waals surface area contributed by atoms with Gasteiger partial charge >= 0.3 is 0 Å². The third kappa shape index (κ3) is 5.65. The predicted octanol–water partition coefficient (Wildman–Crippen LogP) is 2.94. The number of nitrogens with one attached hydrogen (secondary N) is 1. The van der Waals surface area contributed by atoms with Gasteiger partial charge in [0.15, 0.2) is 0 Å². The van der Waals surface area contributed by atoms with Gasteiger partial charge in [-0.15, -0.1) is 0 Å². The topological polar surface area (TPSA) is 15.3 Å². The molecule has 0 saturated heterocycles. The molecule has 102 valence electrons. The molecule has 1 unspecified atom stereocenters. The molecule has 1 aromatic rings. The van der Waals surface area contributed by atoms with E-state index in [4.69, 9.17) is 0 Å². The van der Waals surface area contributed by atoms with Crippen molar-refractivity contribution in [2.24, 2.45) is 0 Å². The Morgan fingerprint density at radius 1 is 1.06 bits per heavy atom. The zero-order valence-electron chi connectivity index (χ0n) is 12.2. The first kappa shape index (κ1) is 15.2. The molecule has 0 spiro atoms. The Bertz CT molecular complexity index is 293. The lowest BCUT2D eigenvalue weighted by atomic mass is 10.0. The summed E-state index contributed by atoms with van der Waals surface area (Å²) in [7, 11) is 0. The Morgan fingerprint density at radius 2 is 1.72 bits per heavy atom. The summed E-state index contributed by atoms with van der Waals surface area (Å²) in [5, 5.41) is 3.61. The van der Waals surface area contributed by atoms with Gasteiger partial charge in [0.25, 0.3) is 0 Å². The molecule has 0 aliphatic rings. The number of benzene rings is 1. The number of nitrogens with zero attached hydrogens (tertiary/aromatic N) is 1. The fourth-order valence-electron chi connectivity index (χ4n) is 2.34. The molecule has 1 atom stereocenters. The molecular formula is C16H28N2. The highest BCUT2D eigenvalue weighted by atomic mass is 15.1. The molecular weight excluding hydrogens is 220 g/mol. The molecule has 0 aromatic heterocycles. The van der Waals surface area contributed by atoms with Gasteiger partial charge in [0.1, 0.15) is 0 Å². The van der Waals surface area contributed by atoms with Gasteiger partial charge in [-0.1, -0.05) is 51.1 Å². The van der Waals surface area contributed by atoms with Crippen molar-refractivity contribution in [3.63, 3.8) is 0 Å². The van der Waals surface area contributed by atoms with Crippen molar-refractivity contribution < 1.29 is 0 Å². The molecule has 0 aliphatic carbocycles. The number of likely N-dealkylation sites (N-methyl/N-ethyl adjacent to an activating group) is 1. The van der Waals surface area contributed by atoms with Gasteiger partial charge in [-0.05, 0) is 44.6 Å². The van der Waals surface area contributed by atoms with Crippen molar-refractivity contribution in [2.45, 2.75) is 39.7 Å². The van der Waals surface area contributed by atoms with Gasteiger partial charge in [-0.2, -0.15) is 0 Å². The molecule has 1 N–H and O–H groups in total. The maximum Gasteiger partial charge on any atom is 0.0119 e. The van der Waals surface area contributed by atoms with E-state index in [9.17, 15) is 0 Å². The molecule has 0 amide bonds. The zero-order valence-corrected chi connectivity index (χ0v) is 12.2. The number of hydrogen-bond acceptors (Lipinski definition) is 2. The first-order chi connectivity index (χ1) is 8.80. The van der Waals surface area contributed by atoms with E-state index in [1.165, 1.54) is 18.5 Å². The molecule has 0 heterocycles. The second-order valence-corrected chi connectivity index (χ2v) is 4.76. The minimum absolute atomic E-state index is 0.595. The van der Waals surface area contributed by atoms with Crippen LogP contribution in [-0.2, 0) is 6.42 Å². The molecule has 0 fully saturated rings. The van der Waals surface area contributed by atoms with E-state index in [0.717, 1.165) is 26.1 Å². The minimum Gasteiger partial charge on any atom is -0.314 e. The van der Waals surface area contributed by atoms with Gasteiger partial charge < -0.3 is 10.2 Å². The summed E-state index contributed by atoms with van der Waals surface area (Å²) >= 11 is 0. The van der Waals surface area contributed by atoms with Crippen LogP contribution in [0.2, 0.25) is 0 Å². The highest BCUT2D eigenvalue weighted by Gasteiger charge is 2.09. The van der Waals surface area contributed by atoms with Gasteiger partial charge in [0.05, 0.1) is 0 Å². The van der Waals surface area contributed by atoms with Crippen molar-refractivity contribution in [2.75, 3.05) is 26.2 Å². The van der Waals surface area contributed by atoms with Gasteiger partial charge in [0, 0.05) is 6.04 Å². The van der Waals surface area contributed by atoms with Crippen LogP contribution in [0.3, 0.4) is 0 Å². The minimum atomic E-state index is 0.595. The highest BCUT2D eigenvalue weighted by Crippen LogP contribution is 2.06. The van der Waals surface area contributed by atoms with Crippen LogP contribution in [0.25, 0.3) is 0 Å². The van der Waals surface area contributed by atoms with E-state index in [1.807, 2.05) is 0 Å². The summed E-state index contributed by atoms with van der Waals surface area (Å²) in [4.78, 5) is 2.50. The zero-order chi connectivity index (χ0) is 13.2. The summed E-state index contributed by atoms with van der Waals surface area (Å²) in [5.41, 5.74) is 1.43. The molecule has 2 nitrogen and oxygen atoms in total. The first-order valence-electron chi connectivity index (χ1n) is 7.29. The Hall–Kier alpha value is -0.860. The van der Waals surface area contributed by atoms with E-state index in [2.05, 4.69) is 61.3 Å². The second kappa shape index (κ2) is 9.12. The highest BCUT2D eigenvalue weighted by molar-refractivity contribution is 5.15. The van der Waals surface area contributed by atoms with Gasteiger partial charge in [-0.25, -0.2) is 0 Å². The SMILES string of the molecule is CCNC(CCN(CC)CC)Cc1ccccc1. The largest absolute Gasteiger partial charge is 0.314 e. The maximum absolute atomic E-state index is 3.61. The molecule has 0 saturated carbocycles. The van der Waals surface area contributed by atoms with Crippen molar-refractivity contribution in [3.8, 4) is 0 Å². The summed E-state index contributed by atoms with van der Waals surface area (Å²) < 4.78 is 0. The van der Waals surface area contributed by atoms with Crippen molar-refractivity contribution in [1.82, 2.24) is 10.2 Å². The standard InChI is InChI=1S/C16H28N2/c1-4-17-16(12-13-18(5-2)6-3)14-15-10-8-7-9-11-15/h7-11,16-17H,4-6,12-14H2,1-3H3. The van der Waals surface area contributed by atoms with Crippen molar-refractivity contribution in [1.29, 1.82) is 0 Å². The Morgan fingerprint density at radius 3 is 2.28 bits per heavy atom. The average molecular weight is 248 g/mol. The van der Waals surface area contributed by atoms with Crippen LogP contribution in [0.4, 0.5) is 0 Å². The molecule has 0 bridgehead atoms. The number of hydrogen-bond donors (Lipinski definition) is 1. The normalized spacial score (nSPS) is 12.9. The number of rotatable bonds is 9. The van der Waals surface area contributed by atoms with E-state index in [1.54, 1.807) is 0 Å². The lowest BCUT2D eigenvalue weighted by Crippen LogP contribution is -2.35. The van der Waals surface area contributed by atoms with Crippen LogP contribution in [0, 0.1) is 0 Å². The third-order valence-corrected chi connectivity index (χ3v) is 3.51. The third-order valence-electron chi connectivity index (χ3n) is 3.51. The molecule has 0 aliphatic heterocycles. The molecule has 18 heavy (non-hydrogen) atoms.